The van der Waals surface area contributed by atoms with Crippen molar-refractivity contribution in [2.24, 2.45) is 5.92 Å². The van der Waals surface area contributed by atoms with Crippen LogP contribution in [-0.2, 0) is 4.74 Å². The van der Waals surface area contributed by atoms with Gasteiger partial charge in [0.05, 0.1) is 11.7 Å². The third kappa shape index (κ3) is 2.68. The predicted molar refractivity (Wildman–Crippen MR) is 55.9 cm³/mol. The Balaban J connectivity index is 2.51. The fourth-order valence-corrected chi connectivity index (χ4v) is 1.72. The van der Waals surface area contributed by atoms with Crippen molar-refractivity contribution in [3.8, 4) is 0 Å². The van der Waals surface area contributed by atoms with Crippen LogP contribution in [-0.4, -0.2) is 24.8 Å². The van der Waals surface area contributed by atoms with E-state index in [0.29, 0.717) is 12.0 Å². The lowest BCUT2D eigenvalue weighted by molar-refractivity contribution is -0.125. The van der Waals surface area contributed by atoms with Crippen LogP contribution in [0.5, 0.6) is 0 Å². The molecule has 1 heterocycles. The van der Waals surface area contributed by atoms with Gasteiger partial charge in [-0.3, -0.25) is 0 Å². The third-order valence-corrected chi connectivity index (χ3v) is 3.31. The van der Waals surface area contributed by atoms with Crippen molar-refractivity contribution < 1.29 is 4.74 Å². The molecule has 1 aliphatic rings. The van der Waals surface area contributed by atoms with E-state index in [1.54, 1.807) is 0 Å². The summed E-state index contributed by atoms with van der Waals surface area (Å²) in [5.41, 5.74) is 0.0619. The van der Waals surface area contributed by atoms with Gasteiger partial charge in [-0.25, -0.2) is 0 Å². The van der Waals surface area contributed by atoms with Gasteiger partial charge in [0.15, 0.2) is 0 Å². The molecule has 0 saturated carbocycles. The summed E-state index contributed by atoms with van der Waals surface area (Å²) in [5, 5.41) is 3.47. The average molecular weight is 185 g/mol. The average Bonchev–Trinajstić information content (AvgIpc) is 2.17. The highest BCUT2D eigenvalue weighted by atomic mass is 16.5. The molecule has 0 radical (unpaired) electrons. The summed E-state index contributed by atoms with van der Waals surface area (Å²) in [7, 11) is 0. The molecule has 0 aromatic carbocycles. The highest BCUT2D eigenvalue weighted by Gasteiger charge is 2.32. The second-order valence-electron chi connectivity index (χ2n) is 4.48. The maximum absolute atomic E-state index is 6.11. The van der Waals surface area contributed by atoms with Crippen molar-refractivity contribution in [3.63, 3.8) is 0 Å². The van der Waals surface area contributed by atoms with Crippen LogP contribution in [0.1, 0.15) is 40.5 Å². The lowest BCUT2D eigenvalue weighted by Gasteiger charge is -2.41. The minimum Gasteiger partial charge on any atom is -0.369 e. The molecule has 78 valence electrons. The monoisotopic (exact) mass is 185 g/mol. The normalized spacial score (nSPS) is 37.4. The highest BCUT2D eigenvalue weighted by molar-refractivity contribution is 4.85. The first-order valence-electron chi connectivity index (χ1n) is 5.50. The fourth-order valence-electron chi connectivity index (χ4n) is 1.72. The predicted octanol–water partition coefficient (Wildman–Crippen LogP) is 2.19. The van der Waals surface area contributed by atoms with Gasteiger partial charge in [-0.05, 0) is 19.3 Å². The zero-order chi connectivity index (χ0) is 9.90. The molecule has 0 aromatic heterocycles. The van der Waals surface area contributed by atoms with E-state index in [9.17, 15) is 0 Å². The summed E-state index contributed by atoms with van der Waals surface area (Å²) in [6, 6.07) is 0. The molecule has 13 heavy (non-hydrogen) atoms. The standard InChI is InChI=1S/C11H23NO/c1-5-9(3)10-7-12-8-11(4,6-2)13-10/h9-10,12H,5-8H2,1-4H3. The van der Waals surface area contributed by atoms with E-state index < -0.39 is 0 Å². The topological polar surface area (TPSA) is 21.3 Å². The molecule has 1 rings (SSSR count). The SMILES string of the molecule is CCC(C)C1CNCC(C)(CC)O1. The van der Waals surface area contributed by atoms with Gasteiger partial charge in [-0.15, -0.1) is 0 Å². The van der Waals surface area contributed by atoms with E-state index in [-0.39, 0.29) is 5.60 Å². The van der Waals surface area contributed by atoms with E-state index in [4.69, 9.17) is 4.74 Å². The second kappa shape index (κ2) is 4.43. The van der Waals surface area contributed by atoms with Gasteiger partial charge in [-0.2, -0.15) is 0 Å². The molecule has 1 N–H and O–H groups in total. The van der Waals surface area contributed by atoms with E-state index in [0.717, 1.165) is 19.5 Å². The molecule has 2 nitrogen and oxygen atoms in total. The molecule has 0 amide bonds. The van der Waals surface area contributed by atoms with Gasteiger partial charge in [-0.1, -0.05) is 27.2 Å². The minimum absolute atomic E-state index is 0.0619. The number of hydrogen-bond donors (Lipinski definition) is 1. The van der Waals surface area contributed by atoms with Crippen molar-refractivity contribution in [2.75, 3.05) is 13.1 Å². The molecule has 3 unspecified atom stereocenters. The summed E-state index contributed by atoms with van der Waals surface area (Å²) in [6.07, 6.45) is 2.70. The Bertz CT molecular complexity index is 160. The second-order valence-corrected chi connectivity index (χ2v) is 4.48. The molecule has 0 spiro atoms. The Morgan fingerprint density at radius 2 is 2.23 bits per heavy atom. The first kappa shape index (κ1) is 11.0. The number of morpholine rings is 1. The zero-order valence-corrected chi connectivity index (χ0v) is 9.39. The Kier molecular flexibility index (Phi) is 3.74. The summed E-state index contributed by atoms with van der Waals surface area (Å²) < 4.78 is 6.11. The van der Waals surface area contributed by atoms with Crippen LogP contribution in [0.4, 0.5) is 0 Å². The summed E-state index contributed by atoms with van der Waals surface area (Å²) in [6.45, 7) is 10.9. The molecule has 3 atom stereocenters. The van der Waals surface area contributed by atoms with E-state index in [1.165, 1.54) is 6.42 Å². The Hall–Kier alpha value is -0.0800. The maximum atomic E-state index is 6.11. The van der Waals surface area contributed by atoms with E-state index in [1.807, 2.05) is 0 Å². The van der Waals surface area contributed by atoms with Gasteiger partial charge in [0, 0.05) is 13.1 Å². The number of rotatable bonds is 3. The molecule has 1 fully saturated rings. The molecule has 1 saturated heterocycles. The molecule has 0 aromatic rings. The fraction of sp³-hybridized carbons (Fsp3) is 1.00. The summed E-state index contributed by atoms with van der Waals surface area (Å²) in [5.74, 6) is 0.665. The van der Waals surface area contributed by atoms with Gasteiger partial charge in [0.1, 0.15) is 0 Å². The van der Waals surface area contributed by atoms with Crippen molar-refractivity contribution in [2.45, 2.75) is 52.2 Å². The summed E-state index contributed by atoms with van der Waals surface area (Å²) >= 11 is 0. The number of nitrogens with one attached hydrogen (secondary N) is 1. The largest absolute Gasteiger partial charge is 0.369 e. The molecule has 0 bridgehead atoms. The smallest absolute Gasteiger partial charge is 0.0780 e. The Morgan fingerprint density at radius 1 is 1.54 bits per heavy atom. The van der Waals surface area contributed by atoms with Crippen LogP contribution in [0.25, 0.3) is 0 Å². The van der Waals surface area contributed by atoms with Gasteiger partial charge < -0.3 is 10.1 Å². The number of hydrogen-bond acceptors (Lipinski definition) is 2. The molecule has 2 heteroatoms. The lowest BCUT2D eigenvalue weighted by atomic mass is 9.95. The van der Waals surface area contributed by atoms with Gasteiger partial charge in [0.25, 0.3) is 0 Å². The van der Waals surface area contributed by atoms with E-state index >= 15 is 0 Å². The summed E-state index contributed by atoms with van der Waals surface area (Å²) in [4.78, 5) is 0. The van der Waals surface area contributed by atoms with Gasteiger partial charge in [0.2, 0.25) is 0 Å². The first-order chi connectivity index (χ1) is 6.11. The van der Waals surface area contributed by atoms with E-state index in [2.05, 4.69) is 33.0 Å². The van der Waals surface area contributed by atoms with Crippen molar-refractivity contribution in [3.05, 3.63) is 0 Å². The maximum Gasteiger partial charge on any atom is 0.0780 e. The van der Waals surface area contributed by atoms with Crippen LogP contribution >= 0.6 is 0 Å². The third-order valence-electron chi connectivity index (χ3n) is 3.31. The Morgan fingerprint density at radius 3 is 2.77 bits per heavy atom. The van der Waals surface area contributed by atoms with Crippen molar-refractivity contribution in [1.82, 2.24) is 5.32 Å². The van der Waals surface area contributed by atoms with Crippen LogP contribution in [0.2, 0.25) is 0 Å². The Labute approximate surface area is 82.0 Å². The quantitative estimate of drug-likeness (QED) is 0.727. The van der Waals surface area contributed by atoms with Crippen LogP contribution in [0.3, 0.4) is 0 Å². The number of ether oxygens (including phenoxy) is 1. The molecular weight excluding hydrogens is 162 g/mol. The van der Waals surface area contributed by atoms with Crippen LogP contribution in [0, 0.1) is 5.92 Å². The van der Waals surface area contributed by atoms with Crippen LogP contribution < -0.4 is 5.32 Å². The van der Waals surface area contributed by atoms with Crippen LogP contribution in [0.15, 0.2) is 0 Å². The minimum atomic E-state index is 0.0619. The molecule has 0 aliphatic carbocycles. The highest BCUT2D eigenvalue weighted by Crippen LogP contribution is 2.24. The van der Waals surface area contributed by atoms with Crippen molar-refractivity contribution in [1.29, 1.82) is 0 Å². The van der Waals surface area contributed by atoms with Gasteiger partial charge >= 0.3 is 0 Å². The molecule has 1 aliphatic heterocycles. The zero-order valence-electron chi connectivity index (χ0n) is 9.39. The van der Waals surface area contributed by atoms with Crippen molar-refractivity contribution >= 4 is 0 Å². The first-order valence-corrected chi connectivity index (χ1v) is 5.50. The molecular formula is C11H23NO. The lowest BCUT2D eigenvalue weighted by Crippen LogP contribution is -2.53.